The molecule has 2 rings (SSSR count). The molecule has 70 valence electrons. The van der Waals surface area contributed by atoms with Crippen molar-refractivity contribution in [2.24, 2.45) is 10.7 Å². The van der Waals surface area contributed by atoms with E-state index in [1.54, 1.807) is 0 Å². The van der Waals surface area contributed by atoms with E-state index in [2.05, 4.69) is 11.6 Å². The summed E-state index contributed by atoms with van der Waals surface area (Å²) in [7, 11) is 0. The van der Waals surface area contributed by atoms with Gasteiger partial charge in [0.1, 0.15) is 5.84 Å². The predicted octanol–water partition coefficient (Wildman–Crippen LogP) is 2.61. The van der Waals surface area contributed by atoms with Crippen molar-refractivity contribution >= 4 is 23.0 Å². The van der Waals surface area contributed by atoms with Gasteiger partial charge in [-0.25, -0.2) is 4.99 Å². The van der Waals surface area contributed by atoms with Crippen molar-refractivity contribution in [2.75, 3.05) is 0 Å². The number of amidine groups is 1. The van der Waals surface area contributed by atoms with Gasteiger partial charge in [0.2, 0.25) is 0 Å². The largest absolute Gasteiger partial charge is 0.383 e. The molecule has 1 aliphatic heterocycles. The van der Waals surface area contributed by atoms with E-state index >= 15 is 0 Å². The summed E-state index contributed by atoms with van der Waals surface area (Å²) in [5.41, 5.74) is 8.33. The molecule has 14 heavy (non-hydrogen) atoms. The number of halogens is 1. The lowest BCUT2D eigenvalue weighted by atomic mass is 10.1. The summed E-state index contributed by atoms with van der Waals surface area (Å²) in [6.07, 6.45) is 1.86. The third-order valence-corrected chi connectivity index (χ3v) is 2.26. The zero-order valence-corrected chi connectivity index (χ0v) is 8.25. The molecular formula is C11H9ClN2. The molecule has 0 unspecified atom stereocenters. The summed E-state index contributed by atoms with van der Waals surface area (Å²) in [4.78, 5) is 4.04. The normalized spacial score (nSPS) is 15.4. The van der Waals surface area contributed by atoms with Gasteiger partial charge in [-0.2, -0.15) is 0 Å². The molecule has 1 aromatic rings. The first-order valence-electron chi connectivity index (χ1n) is 4.18. The second-order valence-corrected chi connectivity index (χ2v) is 3.49. The van der Waals surface area contributed by atoms with E-state index in [1.165, 1.54) is 0 Å². The van der Waals surface area contributed by atoms with Crippen molar-refractivity contribution < 1.29 is 0 Å². The summed E-state index contributed by atoms with van der Waals surface area (Å²) >= 11 is 5.78. The molecule has 0 fully saturated rings. The Morgan fingerprint density at radius 3 is 2.36 bits per heavy atom. The molecule has 1 aromatic carbocycles. The summed E-state index contributed by atoms with van der Waals surface area (Å²) in [6, 6.07) is 7.47. The SMILES string of the molecule is C=C1C=C(c2ccc(Cl)cc2)C(N)=N1. The predicted molar refractivity (Wildman–Crippen MR) is 60.2 cm³/mol. The Balaban J connectivity index is 2.42. The fourth-order valence-corrected chi connectivity index (χ4v) is 1.47. The molecule has 0 aromatic heterocycles. The Morgan fingerprint density at radius 2 is 1.86 bits per heavy atom. The van der Waals surface area contributed by atoms with Gasteiger partial charge in [0.05, 0.1) is 5.70 Å². The van der Waals surface area contributed by atoms with Crippen LogP contribution in [0.25, 0.3) is 5.57 Å². The van der Waals surface area contributed by atoms with Gasteiger partial charge in [0.25, 0.3) is 0 Å². The van der Waals surface area contributed by atoms with Crippen molar-refractivity contribution in [3.8, 4) is 0 Å². The average Bonchev–Trinajstić information content (AvgIpc) is 2.47. The topological polar surface area (TPSA) is 38.4 Å². The molecule has 0 atom stereocenters. The summed E-state index contributed by atoms with van der Waals surface area (Å²) < 4.78 is 0. The van der Waals surface area contributed by atoms with Gasteiger partial charge in [-0.05, 0) is 23.8 Å². The maximum absolute atomic E-state index is 5.78. The lowest BCUT2D eigenvalue weighted by Gasteiger charge is -2.01. The van der Waals surface area contributed by atoms with Crippen molar-refractivity contribution in [1.82, 2.24) is 0 Å². The highest BCUT2D eigenvalue weighted by Crippen LogP contribution is 2.23. The van der Waals surface area contributed by atoms with E-state index < -0.39 is 0 Å². The first-order chi connectivity index (χ1) is 6.66. The number of allylic oxidation sites excluding steroid dienone is 1. The highest BCUT2D eigenvalue weighted by Gasteiger charge is 2.12. The summed E-state index contributed by atoms with van der Waals surface area (Å²) in [6.45, 7) is 3.73. The lowest BCUT2D eigenvalue weighted by Crippen LogP contribution is -2.10. The molecule has 1 aliphatic rings. The smallest absolute Gasteiger partial charge is 0.132 e. The van der Waals surface area contributed by atoms with Crippen LogP contribution in [0.3, 0.4) is 0 Å². The zero-order valence-electron chi connectivity index (χ0n) is 7.50. The fourth-order valence-electron chi connectivity index (χ4n) is 1.35. The minimum atomic E-state index is 0.511. The number of nitrogens with zero attached hydrogens (tertiary/aromatic N) is 1. The molecule has 0 bridgehead atoms. The van der Waals surface area contributed by atoms with Gasteiger partial charge in [-0.15, -0.1) is 0 Å². The number of nitrogens with two attached hydrogens (primary N) is 1. The molecular weight excluding hydrogens is 196 g/mol. The Labute approximate surface area is 87.4 Å². The van der Waals surface area contributed by atoms with Crippen LogP contribution in [0.1, 0.15) is 5.56 Å². The van der Waals surface area contributed by atoms with Crippen molar-refractivity contribution in [3.63, 3.8) is 0 Å². The number of hydrogen-bond donors (Lipinski definition) is 1. The van der Waals surface area contributed by atoms with Crippen LogP contribution in [0, 0.1) is 0 Å². The zero-order chi connectivity index (χ0) is 10.1. The maximum Gasteiger partial charge on any atom is 0.132 e. The van der Waals surface area contributed by atoms with Crippen molar-refractivity contribution in [1.29, 1.82) is 0 Å². The highest BCUT2D eigenvalue weighted by molar-refractivity contribution is 6.31. The van der Waals surface area contributed by atoms with Crippen LogP contribution in [0.2, 0.25) is 5.02 Å². The Morgan fingerprint density at radius 1 is 1.21 bits per heavy atom. The second-order valence-electron chi connectivity index (χ2n) is 3.05. The number of aliphatic imine (C=N–C) groups is 1. The van der Waals surface area contributed by atoms with Gasteiger partial charge >= 0.3 is 0 Å². The van der Waals surface area contributed by atoms with E-state index in [1.807, 2.05) is 30.3 Å². The maximum atomic E-state index is 5.78. The lowest BCUT2D eigenvalue weighted by molar-refractivity contribution is 1.46. The molecule has 0 saturated heterocycles. The van der Waals surface area contributed by atoms with E-state index in [-0.39, 0.29) is 0 Å². The first-order valence-corrected chi connectivity index (χ1v) is 4.56. The van der Waals surface area contributed by atoms with Crippen LogP contribution in [0.15, 0.2) is 47.6 Å². The van der Waals surface area contributed by atoms with E-state index in [4.69, 9.17) is 17.3 Å². The monoisotopic (exact) mass is 204 g/mol. The van der Waals surface area contributed by atoms with Gasteiger partial charge < -0.3 is 5.73 Å². The van der Waals surface area contributed by atoms with Gasteiger partial charge in [-0.1, -0.05) is 30.3 Å². The molecule has 1 heterocycles. The average molecular weight is 205 g/mol. The quantitative estimate of drug-likeness (QED) is 0.751. The molecule has 0 spiro atoms. The van der Waals surface area contributed by atoms with Gasteiger partial charge in [0, 0.05) is 10.6 Å². The first kappa shape index (κ1) is 9.03. The van der Waals surface area contributed by atoms with Crippen LogP contribution in [-0.4, -0.2) is 5.84 Å². The Kier molecular flexibility index (Phi) is 2.14. The number of hydrogen-bond acceptors (Lipinski definition) is 2. The molecule has 2 N–H and O–H groups in total. The number of rotatable bonds is 1. The minimum Gasteiger partial charge on any atom is -0.383 e. The van der Waals surface area contributed by atoms with Crippen molar-refractivity contribution in [3.05, 3.63) is 53.2 Å². The van der Waals surface area contributed by atoms with Crippen LogP contribution in [-0.2, 0) is 0 Å². The summed E-state index contributed by atoms with van der Waals surface area (Å²) in [5.74, 6) is 0.511. The molecule has 3 heteroatoms. The molecule has 0 saturated carbocycles. The third kappa shape index (κ3) is 1.56. The standard InChI is InChI=1S/C11H9ClN2/c1-7-6-10(11(13)14-7)8-2-4-9(12)5-3-8/h2-6H,1H2,(H2,13,14). The van der Waals surface area contributed by atoms with E-state index in [0.717, 1.165) is 11.1 Å². The Bertz CT molecular complexity index is 441. The van der Waals surface area contributed by atoms with Crippen LogP contribution < -0.4 is 5.73 Å². The van der Waals surface area contributed by atoms with E-state index in [0.29, 0.717) is 16.6 Å². The van der Waals surface area contributed by atoms with Gasteiger partial charge in [-0.3, -0.25) is 0 Å². The molecule has 0 aliphatic carbocycles. The number of benzene rings is 1. The van der Waals surface area contributed by atoms with Crippen molar-refractivity contribution in [2.45, 2.75) is 0 Å². The second kappa shape index (κ2) is 3.31. The van der Waals surface area contributed by atoms with Gasteiger partial charge in [0.15, 0.2) is 0 Å². The van der Waals surface area contributed by atoms with E-state index in [9.17, 15) is 0 Å². The Hall–Kier alpha value is -1.54. The van der Waals surface area contributed by atoms with Crippen LogP contribution in [0.4, 0.5) is 0 Å². The minimum absolute atomic E-state index is 0.511. The molecule has 0 radical (unpaired) electrons. The summed E-state index contributed by atoms with van der Waals surface area (Å²) in [5, 5.41) is 0.710. The highest BCUT2D eigenvalue weighted by atomic mass is 35.5. The van der Waals surface area contributed by atoms with Crippen LogP contribution in [0.5, 0.6) is 0 Å². The molecule has 2 nitrogen and oxygen atoms in total. The third-order valence-electron chi connectivity index (χ3n) is 2.01. The fraction of sp³-hybridized carbons (Fsp3) is 0. The van der Waals surface area contributed by atoms with Crippen LogP contribution >= 0.6 is 11.6 Å². The molecule has 0 amide bonds.